The van der Waals surface area contributed by atoms with Crippen LogP contribution in [-0.2, 0) is 19.1 Å². The summed E-state index contributed by atoms with van der Waals surface area (Å²) in [4.78, 5) is 58.7. The van der Waals surface area contributed by atoms with Gasteiger partial charge in [0.2, 0.25) is 0 Å². The first-order valence-corrected chi connectivity index (χ1v) is 7.06. The Morgan fingerprint density at radius 1 is 0.875 bits per heavy atom. The largest absolute Gasteiger partial charge is 0.392 e. The van der Waals surface area contributed by atoms with Crippen molar-refractivity contribution in [2.24, 2.45) is 11.8 Å². The molecule has 2 aliphatic heterocycles. The summed E-state index contributed by atoms with van der Waals surface area (Å²) in [5.41, 5.74) is 0.516. The van der Waals surface area contributed by atoms with Crippen LogP contribution in [0.25, 0.3) is 0 Å². The van der Waals surface area contributed by atoms with Crippen molar-refractivity contribution in [3.05, 3.63) is 58.7 Å². The van der Waals surface area contributed by atoms with Gasteiger partial charge in [0, 0.05) is 11.1 Å². The number of carbonyl (C=O) groups is 5. The maximum atomic E-state index is 12.6. The number of Topliss-reactive ketones (excluding diaryl/α,β-unsaturated/α-hetero) is 1. The zero-order valence-corrected chi connectivity index (χ0v) is 12.0. The minimum absolute atomic E-state index is 0.0274. The average molecular weight is 324 g/mol. The van der Waals surface area contributed by atoms with E-state index in [1.165, 1.54) is 36.4 Å². The molecule has 118 valence electrons. The summed E-state index contributed by atoms with van der Waals surface area (Å²) in [6, 6.07) is 4.03. The quantitative estimate of drug-likeness (QED) is 0.454. The molecule has 0 amide bonds. The Balaban J connectivity index is 1.68. The van der Waals surface area contributed by atoms with Gasteiger partial charge in [0.25, 0.3) is 0 Å². The molecule has 24 heavy (non-hydrogen) atoms. The lowest BCUT2D eigenvalue weighted by Crippen LogP contribution is -2.19. The molecule has 1 aromatic rings. The summed E-state index contributed by atoms with van der Waals surface area (Å²) in [6.07, 6.45) is 4.29. The summed E-state index contributed by atoms with van der Waals surface area (Å²) in [5.74, 6) is -4.84. The molecular formula is C17H8O7. The van der Waals surface area contributed by atoms with Crippen LogP contribution in [0, 0.1) is 11.8 Å². The third-order valence-electron chi connectivity index (χ3n) is 4.14. The maximum Gasteiger partial charge on any atom is 0.346 e. The predicted octanol–water partition coefficient (Wildman–Crippen LogP) is 0.992. The fraction of sp³-hybridized carbons (Fsp3) is 0.118. The van der Waals surface area contributed by atoms with Gasteiger partial charge >= 0.3 is 23.9 Å². The van der Waals surface area contributed by atoms with E-state index in [9.17, 15) is 24.0 Å². The maximum absolute atomic E-state index is 12.6. The Hall–Kier alpha value is -3.35. The van der Waals surface area contributed by atoms with Crippen molar-refractivity contribution in [2.75, 3.05) is 0 Å². The molecule has 3 aliphatic rings. The molecule has 0 saturated carbocycles. The normalized spacial score (nSPS) is 24.2. The summed E-state index contributed by atoms with van der Waals surface area (Å²) in [5, 5.41) is 0. The van der Waals surface area contributed by atoms with Gasteiger partial charge in [-0.15, -0.1) is 0 Å². The Kier molecular flexibility index (Phi) is 2.86. The third-order valence-corrected chi connectivity index (χ3v) is 4.14. The number of hydrogen-bond acceptors (Lipinski definition) is 7. The van der Waals surface area contributed by atoms with Gasteiger partial charge in [-0.1, -0.05) is 24.3 Å². The Morgan fingerprint density at radius 2 is 1.58 bits per heavy atom. The van der Waals surface area contributed by atoms with Crippen LogP contribution in [-0.4, -0.2) is 29.7 Å². The topological polar surface area (TPSA) is 104 Å². The second kappa shape index (κ2) is 4.82. The van der Waals surface area contributed by atoms with Crippen molar-refractivity contribution in [3.63, 3.8) is 0 Å². The van der Waals surface area contributed by atoms with Gasteiger partial charge in [-0.2, -0.15) is 0 Å². The fourth-order valence-corrected chi connectivity index (χ4v) is 2.90. The summed E-state index contributed by atoms with van der Waals surface area (Å²) in [7, 11) is 0. The highest BCUT2D eigenvalue weighted by Gasteiger charge is 2.43. The Morgan fingerprint density at radius 3 is 2.38 bits per heavy atom. The van der Waals surface area contributed by atoms with Gasteiger partial charge in [-0.25, -0.2) is 9.59 Å². The predicted molar refractivity (Wildman–Crippen MR) is 75.8 cm³/mol. The number of fused-ring (bicyclic) bond motifs is 2. The molecular weight excluding hydrogens is 316 g/mol. The smallest absolute Gasteiger partial charge is 0.346 e. The molecule has 4 rings (SSSR count). The SMILES string of the molecule is O=C(C1=CC2C(=O)OC(=O)C2C=C1)c1ccc2c(c1)C(=O)OC2=O. The van der Waals surface area contributed by atoms with Crippen molar-refractivity contribution in [1.29, 1.82) is 0 Å². The van der Waals surface area contributed by atoms with Crippen molar-refractivity contribution in [3.8, 4) is 0 Å². The lowest BCUT2D eigenvalue weighted by Gasteiger charge is -2.13. The molecule has 0 spiro atoms. The van der Waals surface area contributed by atoms with Crippen LogP contribution in [0.5, 0.6) is 0 Å². The van der Waals surface area contributed by atoms with Gasteiger partial charge in [0.05, 0.1) is 23.0 Å². The van der Waals surface area contributed by atoms with Crippen molar-refractivity contribution in [2.45, 2.75) is 0 Å². The highest BCUT2D eigenvalue weighted by Crippen LogP contribution is 2.32. The number of carbonyl (C=O) groups excluding carboxylic acids is 5. The Labute approximate surface area is 134 Å². The molecule has 1 saturated heterocycles. The molecule has 2 atom stereocenters. The van der Waals surface area contributed by atoms with Crippen molar-refractivity contribution < 1.29 is 33.4 Å². The van der Waals surface area contributed by atoms with Crippen LogP contribution in [0.15, 0.2) is 42.0 Å². The highest BCUT2D eigenvalue weighted by molar-refractivity contribution is 6.18. The number of hydrogen-bond donors (Lipinski definition) is 0. The molecule has 0 aromatic heterocycles. The van der Waals surface area contributed by atoms with Crippen LogP contribution >= 0.6 is 0 Å². The van der Waals surface area contributed by atoms with Crippen molar-refractivity contribution in [1.82, 2.24) is 0 Å². The zero-order chi connectivity index (χ0) is 17.0. The molecule has 1 aromatic carbocycles. The van der Waals surface area contributed by atoms with E-state index in [0.29, 0.717) is 0 Å². The van der Waals surface area contributed by atoms with Gasteiger partial charge in [-0.3, -0.25) is 14.4 Å². The molecule has 0 N–H and O–H groups in total. The van der Waals surface area contributed by atoms with E-state index in [1.807, 2.05) is 0 Å². The van der Waals surface area contributed by atoms with E-state index >= 15 is 0 Å². The number of rotatable bonds is 2. The molecule has 2 unspecified atom stereocenters. The second-order valence-corrected chi connectivity index (χ2v) is 5.54. The first kappa shape index (κ1) is 14.3. The van der Waals surface area contributed by atoms with Crippen LogP contribution in [0.4, 0.5) is 0 Å². The Bertz CT molecular complexity index is 919. The number of allylic oxidation sites excluding steroid dienone is 2. The molecule has 7 heteroatoms. The van der Waals surface area contributed by atoms with Crippen LogP contribution in [0.2, 0.25) is 0 Å². The number of cyclic esters (lactones) is 4. The van der Waals surface area contributed by atoms with Crippen molar-refractivity contribution >= 4 is 29.7 Å². The first-order chi connectivity index (χ1) is 11.5. The molecule has 0 radical (unpaired) electrons. The molecule has 7 nitrogen and oxygen atoms in total. The van der Waals surface area contributed by atoms with E-state index in [1.54, 1.807) is 0 Å². The second-order valence-electron chi connectivity index (χ2n) is 5.54. The van der Waals surface area contributed by atoms with Gasteiger partial charge in [0.1, 0.15) is 0 Å². The van der Waals surface area contributed by atoms with Gasteiger partial charge in [0.15, 0.2) is 5.78 Å². The zero-order valence-electron chi connectivity index (χ0n) is 12.0. The van der Waals surface area contributed by atoms with E-state index in [0.717, 1.165) is 0 Å². The van der Waals surface area contributed by atoms with Gasteiger partial charge in [-0.05, 0) is 12.1 Å². The number of ketones is 1. The van der Waals surface area contributed by atoms with E-state index in [-0.39, 0.29) is 22.3 Å². The molecule has 1 aliphatic carbocycles. The average Bonchev–Trinajstić information content (AvgIpc) is 3.02. The lowest BCUT2D eigenvalue weighted by atomic mass is 9.85. The number of ether oxygens (including phenoxy) is 2. The minimum Gasteiger partial charge on any atom is -0.392 e. The van der Waals surface area contributed by atoms with Crippen LogP contribution in [0.3, 0.4) is 0 Å². The first-order valence-electron chi connectivity index (χ1n) is 7.06. The molecule has 2 heterocycles. The summed E-state index contributed by atoms with van der Waals surface area (Å²) in [6.45, 7) is 0. The summed E-state index contributed by atoms with van der Waals surface area (Å²) >= 11 is 0. The highest BCUT2D eigenvalue weighted by atomic mass is 16.6. The summed E-state index contributed by atoms with van der Waals surface area (Å²) < 4.78 is 9.02. The standard InChI is InChI=1S/C17H8O7/c18-13(7-1-3-9-11(5-7)16(21)23-14(9)19)8-2-4-10-12(6-8)17(22)24-15(10)20/h1-6,9,11H. The van der Waals surface area contributed by atoms with Crippen LogP contribution < -0.4 is 0 Å². The molecule has 0 bridgehead atoms. The van der Waals surface area contributed by atoms with E-state index < -0.39 is 41.5 Å². The number of benzene rings is 1. The van der Waals surface area contributed by atoms with E-state index in [4.69, 9.17) is 0 Å². The molecule has 1 fully saturated rings. The number of esters is 4. The lowest BCUT2D eigenvalue weighted by molar-refractivity contribution is -0.153. The monoisotopic (exact) mass is 324 g/mol. The minimum atomic E-state index is -0.817. The fourth-order valence-electron chi connectivity index (χ4n) is 2.90. The van der Waals surface area contributed by atoms with E-state index in [2.05, 4.69) is 9.47 Å². The van der Waals surface area contributed by atoms with Gasteiger partial charge < -0.3 is 9.47 Å². The van der Waals surface area contributed by atoms with Crippen LogP contribution in [0.1, 0.15) is 31.1 Å². The third kappa shape index (κ3) is 1.95.